The van der Waals surface area contributed by atoms with Crippen molar-refractivity contribution in [3.8, 4) is 0 Å². The van der Waals surface area contributed by atoms with E-state index in [2.05, 4.69) is 9.71 Å². The number of nitrogens with one attached hydrogen (secondary N) is 1. The van der Waals surface area contributed by atoms with Gasteiger partial charge in [-0.1, -0.05) is 46.4 Å². The number of aromatic nitrogens is 1. The molecule has 4 nitrogen and oxygen atoms in total. The Hall–Kier alpha value is -0.240. The molecule has 0 aliphatic carbocycles. The van der Waals surface area contributed by atoms with Crippen LogP contribution in [-0.2, 0) is 10.0 Å². The number of thiophene rings is 1. The predicted molar refractivity (Wildman–Crippen MR) is 84.1 cm³/mol. The average molecular weight is 392 g/mol. The minimum Gasteiger partial charge on any atom is -0.276 e. The van der Waals surface area contributed by atoms with Gasteiger partial charge in [-0.15, -0.1) is 11.3 Å². The van der Waals surface area contributed by atoms with E-state index in [0.717, 1.165) is 11.3 Å². The number of halogens is 4. The maximum absolute atomic E-state index is 12.3. The fourth-order valence-corrected chi connectivity index (χ4v) is 5.34. The number of hydrogen-bond acceptors (Lipinski definition) is 4. The second-order valence-electron chi connectivity index (χ2n) is 3.72. The van der Waals surface area contributed by atoms with Gasteiger partial charge >= 0.3 is 0 Å². The highest BCUT2D eigenvalue weighted by molar-refractivity contribution is 7.93. The van der Waals surface area contributed by atoms with Gasteiger partial charge < -0.3 is 0 Å². The summed E-state index contributed by atoms with van der Waals surface area (Å²) in [4.78, 5) is 3.68. The average Bonchev–Trinajstić information content (AvgIpc) is 2.64. The fourth-order valence-electron chi connectivity index (χ4n) is 1.42. The van der Waals surface area contributed by atoms with E-state index in [0.29, 0.717) is 5.56 Å². The van der Waals surface area contributed by atoms with Crippen LogP contribution in [0.5, 0.6) is 0 Å². The fraction of sp³-hybridized carbons (Fsp3) is 0.100. The lowest BCUT2D eigenvalue weighted by Crippen LogP contribution is -2.14. The molecule has 10 heteroatoms. The Bertz CT molecular complexity index is 751. The van der Waals surface area contributed by atoms with Crippen molar-refractivity contribution in [2.24, 2.45) is 0 Å². The molecule has 2 rings (SSSR count). The van der Waals surface area contributed by atoms with Crippen LogP contribution in [-0.4, -0.2) is 13.4 Å². The molecule has 0 atom stereocenters. The van der Waals surface area contributed by atoms with Gasteiger partial charge in [-0.3, -0.25) is 4.72 Å². The maximum atomic E-state index is 12.3. The first kappa shape index (κ1) is 16.1. The summed E-state index contributed by atoms with van der Waals surface area (Å²) >= 11 is 24.2. The standard InChI is InChI=1S/C10H6Cl4N2O2S2/c1-4-2-6(11)15-9(13)8(4)16-20(17,18)5-3-7(12)19-10(5)14/h2-3,16H,1H3. The van der Waals surface area contributed by atoms with E-state index in [1.165, 1.54) is 12.1 Å². The van der Waals surface area contributed by atoms with Crippen LogP contribution in [0.1, 0.15) is 5.56 Å². The van der Waals surface area contributed by atoms with Crippen molar-refractivity contribution in [3.63, 3.8) is 0 Å². The second-order valence-corrected chi connectivity index (χ2v) is 8.40. The van der Waals surface area contributed by atoms with Crippen molar-refractivity contribution in [1.82, 2.24) is 4.98 Å². The quantitative estimate of drug-likeness (QED) is 0.759. The summed E-state index contributed by atoms with van der Waals surface area (Å²) in [5.74, 6) is 0. The summed E-state index contributed by atoms with van der Waals surface area (Å²) in [6.45, 7) is 1.65. The Labute approximate surface area is 139 Å². The predicted octanol–water partition coefficient (Wildman–Crippen LogP) is 4.87. The van der Waals surface area contributed by atoms with Gasteiger partial charge in [0, 0.05) is 0 Å². The van der Waals surface area contributed by atoms with Crippen molar-refractivity contribution < 1.29 is 8.42 Å². The summed E-state index contributed by atoms with van der Waals surface area (Å²) in [5, 5.41) is 0.128. The van der Waals surface area contributed by atoms with Gasteiger partial charge in [0.2, 0.25) is 0 Å². The summed E-state index contributed by atoms with van der Waals surface area (Å²) in [6, 6.07) is 2.76. The number of hydrogen-bond donors (Lipinski definition) is 1. The summed E-state index contributed by atoms with van der Waals surface area (Å²) in [5.41, 5.74) is 0.686. The van der Waals surface area contributed by atoms with Crippen LogP contribution in [0, 0.1) is 6.92 Å². The van der Waals surface area contributed by atoms with Gasteiger partial charge in [-0.25, -0.2) is 13.4 Å². The van der Waals surface area contributed by atoms with E-state index in [-0.39, 0.29) is 29.6 Å². The molecule has 0 saturated heterocycles. The zero-order valence-corrected chi connectivity index (χ0v) is 14.4. The number of sulfonamides is 1. The summed E-state index contributed by atoms with van der Waals surface area (Å²) < 4.78 is 27.2. The first-order valence-electron chi connectivity index (χ1n) is 5.01. The largest absolute Gasteiger partial charge is 0.276 e. The third-order valence-corrected chi connectivity index (χ3v) is 5.86. The summed E-state index contributed by atoms with van der Waals surface area (Å²) in [7, 11) is -3.90. The zero-order valence-electron chi connectivity index (χ0n) is 9.75. The van der Waals surface area contributed by atoms with Crippen LogP contribution in [0.4, 0.5) is 5.69 Å². The maximum Gasteiger partial charge on any atom is 0.264 e. The highest BCUT2D eigenvalue weighted by atomic mass is 35.5. The molecule has 2 aromatic rings. The molecular formula is C10H6Cl4N2O2S2. The third kappa shape index (κ3) is 3.32. The number of pyridine rings is 1. The van der Waals surface area contributed by atoms with Crippen LogP contribution >= 0.6 is 57.7 Å². The lowest BCUT2D eigenvalue weighted by atomic mass is 10.3. The third-order valence-electron chi connectivity index (χ3n) is 2.29. The number of aryl methyl sites for hydroxylation is 1. The molecule has 0 radical (unpaired) electrons. The molecular weight excluding hydrogens is 386 g/mol. The van der Waals surface area contributed by atoms with Crippen LogP contribution in [0.15, 0.2) is 17.0 Å². The van der Waals surface area contributed by atoms with Crippen LogP contribution in [0.25, 0.3) is 0 Å². The number of nitrogens with zero attached hydrogens (tertiary/aromatic N) is 1. The molecule has 0 aliphatic heterocycles. The molecule has 2 aromatic heterocycles. The normalized spacial score (nSPS) is 11.7. The topological polar surface area (TPSA) is 59.1 Å². The Kier molecular flexibility index (Phi) is 4.73. The number of anilines is 1. The highest BCUT2D eigenvalue weighted by Gasteiger charge is 2.23. The van der Waals surface area contributed by atoms with Crippen molar-refractivity contribution in [2.75, 3.05) is 4.72 Å². The van der Waals surface area contributed by atoms with E-state index < -0.39 is 10.0 Å². The minimum atomic E-state index is -3.90. The van der Waals surface area contributed by atoms with E-state index in [4.69, 9.17) is 46.4 Å². The van der Waals surface area contributed by atoms with Crippen molar-refractivity contribution in [3.05, 3.63) is 36.7 Å². The molecule has 0 unspecified atom stereocenters. The lowest BCUT2D eigenvalue weighted by Gasteiger charge is -2.11. The molecule has 2 heterocycles. The molecule has 0 spiro atoms. The van der Waals surface area contributed by atoms with Crippen molar-refractivity contribution in [2.45, 2.75) is 11.8 Å². The zero-order chi connectivity index (χ0) is 15.1. The molecule has 20 heavy (non-hydrogen) atoms. The highest BCUT2D eigenvalue weighted by Crippen LogP contribution is 2.36. The Morgan fingerprint density at radius 2 is 1.85 bits per heavy atom. The molecule has 0 saturated carbocycles. The number of rotatable bonds is 3. The van der Waals surface area contributed by atoms with Crippen LogP contribution in [0.3, 0.4) is 0 Å². The van der Waals surface area contributed by atoms with Crippen molar-refractivity contribution in [1.29, 1.82) is 0 Å². The second kappa shape index (κ2) is 5.87. The molecule has 108 valence electrons. The molecule has 0 amide bonds. The lowest BCUT2D eigenvalue weighted by molar-refractivity contribution is 0.601. The molecule has 0 fully saturated rings. The van der Waals surface area contributed by atoms with E-state index in [1.807, 2.05) is 0 Å². The minimum absolute atomic E-state index is 0.0453. The molecule has 0 bridgehead atoms. The van der Waals surface area contributed by atoms with Gasteiger partial charge in [0.05, 0.1) is 10.0 Å². The van der Waals surface area contributed by atoms with E-state index in [1.54, 1.807) is 6.92 Å². The summed E-state index contributed by atoms with van der Waals surface area (Å²) in [6.07, 6.45) is 0. The smallest absolute Gasteiger partial charge is 0.264 e. The van der Waals surface area contributed by atoms with Crippen LogP contribution in [0.2, 0.25) is 19.0 Å². The first-order valence-corrected chi connectivity index (χ1v) is 8.82. The molecule has 0 aliphatic rings. The molecule has 0 aromatic carbocycles. The Balaban J connectivity index is 2.46. The Morgan fingerprint density at radius 3 is 2.35 bits per heavy atom. The Morgan fingerprint density at radius 1 is 1.20 bits per heavy atom. The monoisotopic (exact) mass is 390 g/mol. The first-order chi connectivity index (χ1) is 9.20. The van der Waals surface area contributed by atoms with E-state index in [9.17, 15) is 8.42 Å². The van der Waals surface area contributed by atoms with Gasteiger partial charge in [-0.05, 0) is 24.6 Å². The SMILES string of the molecule is Cc1cc(Cl)nc(Cl)c1NS(=O)(=O)c1cc(Cl)sc1Cl. The van der Waals surface area contributed by atoms with Gasteiger partial charge in [0.15, 0.2) is 5.15 Å². The van der Waals surface area contributed by atoms with E-state index >= 15 is 0 Å². The van der Waals surface area contributed by atoms with Gasteiger partial charge in [0.1, 0.15) is 14.4 Å². The van der Waals surface area contributed by atoms with Gasteiger partial charge in [-0.2, -0.15) is 0 Å². The molecule has 1 N–H and O–H groups in total. The van der Waals surface area contributed by atoms with Gasteiger partial charge in [0.25, 0.3) is 10.0 Å². The van der Waals surface area contributed by atoms with Crippen LogP contribution < -0.4 is 4.72 Å². The van der Waals surface area contributed by atoms with Crippen molar-refractivity contribution >= 4 is 73.5 Å².